The van der Waals surface area contributed by atoms with E-state index in [1.165, 1.54) is 24.3 Å². The smallest absolute Gasteiger partial charge is 0.255 e. The zero-order valence-electron chi connectivity index (χ0n) is 12.7. The summed E-state index contributed by atoms with van der Waals surface area (Å²) in [6, 6.07) is 21.8. The van der Waals surface area contributed by atoms with Gasteiger partial charge in [-0.3, -0.25) is 4.79 Å². The minimum absolute atomic E-state index is 0.298. The van der Waals surface area contributed by atoms with E-state index in [0.717, 1.165) is 5.69 Å². The predicted molar refractivity (Wildman–Crippen MR) is 91.4 cm³/mol. The molecule has 4 nitrogen and oxygen atoms in total. The van der Waals surface area contributed by atoms with Gasteiger partial charge in [0.2, 0.25) is 0 Å². The number of rotatable bonds is 4. The summed E-state index contributed by atoms with van der Waals surface area (Å²) >= 11 is 0. The van der Waals surface area contributed by atoms with Crippen LogP contribution in [0.4, 0.5) is 21.5 Å². The standard InChI is InChI=1S/C19H14FN3O/c20-15-8-6-14(7-9-15)19(24)21-16-10-12-18(13-11-16)23-22-17-4-2-1-3-5-17/h1-13H,(H,21,24). The normalized spacial score (nSPS) is 10.7. The molecule has 1 N–H and O–H groups in total. The maximum atomic E-state index is 12.9. The van der Waals surface area contributed by atoms with Crippen LogP contribution in [0.3, 0.4) is 0 Å². The zero-order valence-corrected chi connectivity index (χ0v) is 12.7. The van der Waals surface area contributed by atoms with E-state index in [1.807, 2.05) is 30.3 Å². The highest BCUT2D eigenvalue weighted by molar-refractivity contribution is 6.04. The van der Waals surface area contributed by atoms with Gasteiger partial charge >= 0.3 is 0 Å². The number of halogens is 1. The third kappa shape index (κ3) is 4.10. The molecule has 0 aliphatic rings. The summed E-state index contributed by atoms with van der Waals surface area (Å²) in [6.07, 6.45) is 0. The van der Waals surface area contributed by atoms with E-state index in [9.17, 15) is 9.18 Å². The van der Waals surface area contributed by atoms with Gasteiger partial charge < -0.3 is 5.32 Å². The molecule has 0 aliphatic carbocycles. The van der Waals surface area contributed by atoms with Gasteiger partial charge in [-0.2, -0.15) is 10.2 Å². The van der Waals surface area contributed by atoms with Gasteiger partial charge in [-0.15, -0.1) is 0 Å². The first kappa shape index (κ1) is 15.6. The van der Waals surface area contributed by atoms with Crippen molar-refractivity contribution in [2.45, 2.75) is 0 Å². The number of hydrogen-bond donors (Lipinski definition) is 1. The molecule has 0 spiro atoms. The van der Waals surface area contributed by atoms with Crippen LogP contribution in [0.2, 0.25) is 0 Å². The quantitative estimate of drug-likeness (QED) is 0.635. The molecule has 0 bridgehead atoms. The fraction of sp³-hybridized carbons (Fsp3) is 0. The van der Waals surface area contributed by atoms with Gasteiger partial charge in [0, 0.05) is 11.3 Å². The van der Waals surface area contributed by atoms with Gasteiger partial charge in [-0.05, 0) is 60.7 Å². The number of azo groups is 1. The third-order valence-electron chi connectivity index (χ3n) is 3.27. The van der Waals surface area contributed by atoms with Crippen molar-refractivity contribution in [1.29, 1.82) is 0 Å². The number of nitrogens with one attached hydrogen (secondary N) is 1. The largest absolute Gasteiger partial charge is 0.322 e. The highest BCUT2D eigenvalue weighted by Gasteiger charge is 2.05. The number of anilines is 1. The van der Waals surface area contributed by atoms with Gasteiger partial charge in [-0.25, -0.2) is 4.39 Å². The molecule has 3 aromatic carbocycles. The molecule has 118 valence electrons. The molecule has 0 unspecified atom stereocenters. The molecule has 0 aliphatic heterocycles. The molecule has 5 heteroatoms. The van der Waals surface area contributed by atoms with Crippen molar-refractivity contribution in [2.75, 3.05) is 5.32 Å². The van der Waals surface area contributed by atoms with Crippen LogP contribution in [0, 0.1) is 5.82 Å². The Bertz CT molecular complexity index is 844. The van der Waals surface area contributed by atoms with Crippen LogP contribution in [0.5, 0.6) is 0 Å². The van der Waals surface area contributed by atoms with Crippen molar-refractivity contribution in [3.63, 3.8) is 0 Å². The number of benzene rings is 3. The summed E-state index contributed by atoms with van der Waals surface area (Å²) < 4.78 is 12.9. The Labute approximate surface area is 138 Å². The van der Waals surface area contributed by atoms with E-state index in [4.69, 9.17) is 0 Å². The van der Waals surface area contributed by atoms with Crippen LogP contribution < -0.4 is 5.32 Å². The fourth-order valence-electron chi connectivity index (χ4n) is 2.03. The van der Waals surface area contributed by atoms with Crippen LogP contribution in [0.1, 0.15) is 10.4 Å². The fourth-order valence-corrected chi connectivity index (χ4v) is 2.03. The number of carbonyl (C=O) groups is 1. The number of hydrogen-bond acceptors (Lipinski definition) is 3. The minimum Gasteiger partial charge on any atom is -0.322 e. The molecular weight excluding hydrogens is 305 g/mol. The van der Waals surface area contributed by atoms with Crippen molar-refractivity contribution >= 4 is 23.0 Å². The van der Waals surface area contributed by atoms with E-state index >= 15 is 0 Å². The average Bonchev–Trinajstić information content (AvgIpc) is 2.62. The Balaban J connectivity index is 1.65. The molecule has 3 rings (SSSR count). The van der Waals surface area contributed by atoms with Crippen LogP contribution in [-0.4, -0.2) is 5.91 Å². The Morgan fingerprint density at radius 2 is 1.33 bits per heavy atom. The summed E-state index contributed by atoms with van der Waals surface area (Å²) in [5.74, 6) is -0.673. The second-order valence-electron chi connectivity index (χ2n) is 5.04. The summed E-state index contributed by atoms with van der Waals surface area (Å²) in [4.78, 5) is 12.0. The van der Waals surface area contributed by atoms with Crippen LogP contribution in [0.15, 0.2) is 89.1 Å². The molecule has 0 saturated heterocycles. The van der Waals surface area contributed by atoms with Crippen molar-refractivity contribution in [3.05, 3.63) is 90.2 Å². The van der Waals surface area contributed by atoms with Gasteiger partial charge in [0.1, 0.15) is 5.82 Å². The second-order valence-corrected chi connectivity index (χ2v) is 5.04. The molecular formula is C19H14FN3O. The summed E-state index contributed by atoms with van der Waals surface area (Å²) in [7, 11) is 0. The van der Waals surface area contributed by atoms with Crippen molar-refractivity contribution in [1.82, 2.24) is 0 Å². The summed E-state index contributed by atoms with van der Waals surface area (Å²) in [5, 5.41) is 11.0. The maximum Gasteiger partial charge on any atom is 0.255 e. The lowest BCUT2D eigenvalue weighted by Gasteiger charge is -2.05. The highest BCUT2D eigenvalue weighted by atomic mass is 19.1. The SMILES string of the molecule is O=C(Nc1ccc(N=Nc2ccccc2)cc1)c1ccc(F)cc1. The van der Waals surface area contributed by atoms with E-state index in [2.05, 4.69) is 15.5 Å². The molecule has 0 heterocycles. The Morgan fingerprint density at radius 3 is 1.96 bits per heavy atom. The second kappa shape index (κ2) is 7.28. The molecule has 0 saturated carbocycles. The average molecular weight is 319 g/mol. The summed E-state index contributed by atoms with van der Waals surface area (Å²) in [6.45, 7) is 0. The van der Waals surface area contributed by atoms with E-state index in [0.29, 0.717) is 16.9 Å². The first-order chi connectivity index (χ1) is 11.7. The molecule has 1 amide bonds. The van der Waals surface area contributed by atoms with E-state index in [1.54, 1.807) is 24.3 Å². The molecule has 3 aromatic rings. The van der Waals surface area contributed by atoms with Gasteiger partial charge in [0.25, 0.3) is 5.91 Å². The maximum absolute atomic E-state index is 12.9. The lowest BCUT2D eigenvalue weighted by molar-refractivity contribution is 0.102. The Kier molecular flexibility index (Phi) is 4.72. The zero-order chi connectivity index (χ0) is 16.8. The van der Waals surface area contributed by atoms with Crippen molar-refractivity contribution in [3.8, 4) is 0 Å². The van der Waals surface area contributed by atoms with Crippen molar-refractivity contribution < 1.29 is 9.18 Å². The third-order valence-corrected chi connectivity index (χ3v) is 3.27. The molecule has 0 aromatic heterocycles. The lowest BCUT2D eigenvalue weighted by Crippen LogP contribution is -2.11. The minimum atomic E-state index is -0.375. The number of nitrogens with zero attached hydrogens (tertiary/aromatic N) is 2. The Morgan fingerprint density at radius 1 is 0.750 bits per heavy atom. The van der Waals surface area contributed by atoms with Crippen LogP contribution in [0.25, 0.3) is 0 Å². The topological polar surface area (TPSA) is 53.8 Å². The van der Waals surface area contributed by atoms with Gasteiger partial charge in [0.05, 0.1) is 11.4 Å². The number of carbonyl (C=O) groups excluding carboxylic acids is 1. The predicted octanol–water partition coefficient (Wildman–Crippen LogP) is 5.49. The molecule has 0 atom stereocenters. The summed E-state index contributed by atoms with van der Waals surface area (Å²) in [5.41, 5.74) is 2.47. The van der Waals surface area contributed by atoms with E-state index in [-0.39, 0.29) is 11.7 Å². The van der Waals surface area contributed by atoms with Crippen LogP contribution >= 0.6 is 0 Å². The first-order valence-electron chi connectivity index (χ1n) is 7.34. The Hall–Kier alpha value is -3.34. The molecule has 0 fully saturated rings. The number of amides is 1. The van der Waals surface area contributed by atoms with Crippen molar-refractivity contribution in [2.24, 2.45) is 10.2 Å². The molecule has 0 radical (unpaired) electrons. The monoisotopic (exact) mass is 319 g/mol. The highest BCUT2D eigenvalue weighted by Crippen LogP contribution is 2.20. The van der Waals surface area contributed by atoms with E-state index < -0.39 is 0 Å². The molecule has 24 heavy (non-hydrogen) atoms. The lowest BCUT2D eigenvalue weighted by atomic mass is 10.2. The van der Waals surface area contributed by atoms with Gasteiger partial charge in [0.15, 0.2) is 0 Å². The van der Waals surface area contributed by atoms with Crippen LogP contribution in [-0.2, 0) is 0 Å². The van der Waals surface area contributed by atoms with Gasteiger partial charge in [-0.1, -0.05) is 18.2 Å². The first-order valence-corrected chi connectivity index (χ1v) is 7.34.